The Morgan fingerprint density at radius 2 is 1.48 bits per heavy atom. The molecule has 1 heterocycles. The summed E-state index contributed by atoms with van der Waals surface area (Å²) in [5, 5.41) is 8.26. The predicted molar refractivity (Wildman–Crippen MR) is 179 cm³/mol. The van der Waals surface area contributed by atoms with Gasteiger partial charge in [0.05, 0.1) is 0 Å². The number of anilines is 1. The van der Waals surface area contributed by atoms with E-state index in [1.807, 2.05) is 50.2 Å². The number of hydrogen-bond acceptors (Lipinski definition) is 7. The molecule has 1 saturated heterocycles. The highest BCUT2D eigenvalue weighted by molar-refractivity contribution is 5.99. The highest BCUT2D eigenvalue weighted by Crippen LogP contribution is 2.44. The highest BCUT2D eigenvalue weighted by Gasteiger charge is 2.38. The van der Waals surface area contributed by atoms with Crippen molar-refractivity contribution in [2.45, 2.75) is 64.3 Å². The van der Waals surface area contributed by atoms with Crippen LogP contribution in [-0.4, -0.2) is 66.1 Å². The van der Waals surface area contributed by atoms with Crippen LogP contribution >= 0.6 is 0 Å². The lowest BCUT2D eigenvalue weighted by Gasteiger charge is -2.29. The van der Waals surface area contributed by atoms with Crippen molar-refractivity contribution in [1.82, 2.24) is 15.5 Å². The van der Waals surface area contributed by atoms with Gasteiger partial charge in [0.15, 0.2) is 0 Å². The quantitative estimate of drug-likeness (QED) is 0.239. The first-order chi connectivity index (χ1) is 23.0. The molecular weight excluding hydrogens is 614 g/mol. The number of rotatable bonds is 11. The van der Waals surface area contributed by atoms with Gasteiger partial charge < -0.3 is 36.1 Å². The largest absolute Gasteiger partial charge is 0.449 e. The second-order valence-corrected chi connectivity index (χ2v) is 12.4. The van der Waals surface area contributed by atoms with E-state index < -0.39 is 48.0 Å². The van der Waals surface area contributed by atoms with Crippen molar-refractivity contribution < 1.29 is 33.4 Å². The van der Waals surface area contributed by atoms with Crippen molar-refractivity contribution in [3.05, 3.63) is 89.5 Å². The molecule has 12 heteroatoms. The lowest BCUT2D eigenvalue weighted by molar-refractivity contribution is -0.140. The molecule has 252 valence electrons. The van der Waals surface area contributed by atoms with Crippen molar-refractivity contribution in [3.63, 3.8) is 0 Å². The summed E-state index contributed by atoms with van der Waals surface area (Å²) in [5.74, 6) is -1.64. The van der Waals surface area contributed by atoms with Gasteiger partial charge in [0.25, 0.3) is 0 Å². The summed E-state index contributed by atoms with van der Waals surface area (Å²) >= 11 is 0. The van der Waals surface area contributed by atoms with Crippen molar-refractivity contribution in [3.8, 4) is 11.1 Å². The van der Waals surface area contributed by atoms with Crippen molar-refractivity contribution in [2.24, 2.45) is 11.7 Å². The zero-order valence-corrected chi connectivity index (χ0v) is 27.2. The fourth-order valence-electron chi connectivity index (χ4n) is 6.27. The zero-order valence-electron chi connectivity index (χ0n) is 27.2. The van der Waals surface area contributed by atoms with Gasteiger partial charge in [-0.2, -0.15) is 0 Å². The number of nitrogens with two attached hydrogens (primary N) is 1. The maximum Gasteiger partial charge on any atom is 0.407 e. The molecule has 3 aromatic carbocycles. The number of alkyl carbamates (subject to hydrolysis) is 1. The number of nitrogens with zero attached hydrogens (tertiary/aromatic N) is 1. The van der Waals surface area contributed by atoms with Crippen molar-refractivity contribution in [2.75, 3.05) is 18.5 Å². The molecule has 0 unspecified atom stereocenters. The fraction of sp³-hybridized carbons (Fsp3) is 0.361. The number of nitrogens with one attached hydrogen (secondary N) is 3. The average Bonchev–Trinajstić information content (AvgIpc) is 3.69. The highest BCUT2D eigenvalue weighted by atomic mass is 16.6. The Labute approximate surface area is 279 Å². The molecule has 3 aromatic rings. The molecule has 0 aromatic heterocycles. The van der Waals surface area contributed by atoms with Gasteiger partial charge in [0.2, 0.25) is 17.7 Å². The molecule has 48 heavy (non-hydrogen) atoms. The van der Waals surface area contributed by atoms with Crippen LogP contribution in [0.15, 0.2) is 72.8 Å². The normalized spacial score (nSPS) is 16.3. The van der Waals surface area contributed by atoms with Crippen LogP contribution < -0.4 is 21.7 Å². The minimum absolute atomic E-state index is 0.00464. The number of likely N-dealkylation sites (tertiary alicyclic amines) is 1. The second-order valence-electron chi connectivity index (χ2n) is 12.4. The molecule has 5 rings (SSSR count). The summed E-state index contributed by atoms with van der Waals surface area (Å²) < 4.78 is 10.4. The first kappa shape index (κ1) is 34.0. The summed E-state index contributed by atoms with van der Waals surface area (Å²) in [5.41, 5.74) is 10.6. The summed E-state index contributed by atoms with van der Waals surface area (Å²) in [7, 11) is 0. The Hall–Kier alpha value is -5.39. The molecule has 3 atom stereocenters. The Kier molecular flexibility index (Phi) is 10.6. The number of primary amides is 1. The Morgan fingerprint density at radius 3 is 2.08 bits per heavy atom. The maximum absolute atomic E-state index is 13.5. The van der Waals surface area contributed by atoms with E-state index in [0.717, 1.165) is 22.3 Å². The molecule has 5 amide bonds. The van der Waals surface area contributed by atoms with Crippen LogP contribution in [0, 0.1) is 5.92 Å². The number of fused-ring (bicyclic) bond motifs is 3. The van der Waals surface area contributed by atoms with Crippen LogP contribution in [0.25, 0.3) is 11.1 Å². The van der Waals surface area contributed by atoms with E-state index in [9.17, 15) is 24.0 Å². The number of hydrogen-bond donors (Lipinski definition) is 4. The van der Waals surface area contributed by atoms with Crippen LogP contribution in [0.4, 0.5) is 15.3 Å². The van der Waals surface area contributed by atoms with Crippen LogP contribution in [0.1, 0.15) is 56.2 Å². The monoisotopic (exact) mass is 655 g/mol. The van der Waals surface area contributed by atoms with Crippen LogP contribution in [-0.2, 0) is 30.5 Å². The van der Waals surface area contributed by atoms with E-state index in [-0.39, 0.29) is 25.0 Å². The van der Waals surface area contributed by atoms with Crippen LogP contribution in [0.3, 0.4) is 0 Å². The molecule has 0 saturated carbocycles. The SMILES string of the molecule is CC(C)[C@H](NC(=O)[C@@H]1CCCN1C(=O)[C@@H](C)NC(=O)OCC1c2ccccc2-c2ccccc21)C(=O)Nc1ccc(COC(N)=O)cc1. The number of benzene rings is 3. The van der Waals surface area contributed by atoms with Gasteiger partial charge in [-0.25, -0.2) is 9.59 Å². The number of carbonyl (C=O) groups is 5. The predicted octanol–water partition coefficient (Wildman–Crippen LogP) is 4.28. The lowest BCUT2D eigenvalue weighted by Crippen LogP contribution is -2.56. The Balaban J connectivity index is 1.14. The van der Waals surface area contributed by atoms with Gasteiger partial charge in [-0.05, 0) is 65.6 Å². The van der Waals surface area contributed by atoms with E-state index in [1.165, 1.54) is 4.90 Å². The Bertz CT molecular complexity index is 1630. The third-order valence-electron chi connectivity index (χ3n) is 8.74. The number of amides is 5. The molecule has 1 aliphatic heterocycles. The minimum Gasteiger partial charge on any atom is -0.449 e. The average molecular weight is 656 g/mol. The van der Waals surface area contributed by atoms with Crippen molar-refractivity contribution >= 4 is 35.6 Å². The summed E-state index contributed by atoms with van der Waals surface area (Å²) in [6, 6.07) is 20.1. The molecule has 0 radical (unpaired) electrons. The van der Waals surface area contributed by atoms with Gasteiger partial charge in [-0.1, -0.05) is 74.5 Å². The first-order valence-corrected chi connectivity index (χ1v) is 16.1. The molecular formula is C36H41N5O7. The Morgan fingerprint density at radius 1 is 0.854 bits per heavy atom. The fourth-order valence-corrected chi connectivity index (χ4v) is 6.27. The molecule has 1 fully saturated rings. The third kappa shape index (κ3) is 7.76. The van der Waals surface area contributed by atoms with Gasteiger partial charge in [-0.15, -0.1) is 0 Å². The zero-order chi connectivity index (χ0) is 34.4. The van der Waals surface area contributed by atoms with Crippen LogP contribution in [0.5, 0.6) is 0 Å². The van der Waals surface area contributed by atoms with E-state index >= 15 is 0 Å². The number of ether oxygens (including phenoxy) is 2. The van der Waals surface area contributed by atoms with Gasteiger partial charge in [0.1, 0.15) is 31.3 Å². The molecule has 12 nitrogen and oxygen atoms in total. The molecule has 5 N–H and O–H groups in total. The van der Waals surface area contributed by atoms with E-state index in [1.54, 1.807) is 31.2 Å². The molecule has 0 spiro atoms. The smallest absolute Gasteiger partial charge is 0.407 e. The number of carbonyl (C=O) groups excluding carboxylic acids is 5. The summed E-state index contributed by atoms with van der Waals surface area (Å²) in [4.78, 5) is 65.2. The lowest BCUT2D eigenvalue weighted by atomic mass is 9.98. The minimum atomic E-state index is -0.936. The third-order valence-corrected chi connectivity index (χ3v) is 8.74. The van der Waals surface area contributed by atoms with E-state index in [2.05, 4.69) is 28.1 Å². The molecule has 0 bridgehead atoms. The molecule has 2 aliphatic rings. The maximum atomic E-state index is 13.5. The van der Waals surface area contributed by atoms with Gasteiger partial charge >= 0.3 is 12.2 Å². The van der Waals surface area contributed by atoms with E-state index in [4.69, 9.17) is 15.2 Å². The standard InChI is InChI=1S/C36H41N5O7/c1-21(2)31(33(43)39-24-16-14-23(15-17-24)19-47-35(37)45)40-32(42)30-13-8-18-41(30)34(44)22(3)38-36(46)48-20-29-27-11-6-4-9-25(27)26-10-5-7-12-28(26)29/h4-7,9-12,14-17,21-22,29-31H,8,13,18-20H2,1-3H3,(H2,37,45)(H,38,46)(H,39,43)(H,40,42)/t22-,30+,31+/m1/s1. The summed E-state index contributed by atoms with van der Waals surface area (Å²) in [6.07, 6.45) is -0.572. The van der Waals surface area contributed by atoms with Crippen LogP contribution in [0.2, 0.25) is 0 Å². The topological polar surface area (TPSA) is 169 Å². The van der Waals surface area contributed by atoms with Crippen molar-refractivity contribution in [1.29, 1.82) is 0 Å². The van der Waals surface area contributed by atoms with Gasteiger partial charge in [0, 0.05) is 18.2 Å². The first-order valence-electron chi connectivity index (χ1n) is 16.1. The molecule has 1 aliphatic carbocycles. The second kappa shape index (κ2) is 15.0. The summed E-state index contributed by atoms with van der Waals surface area (Å²) in [6.45, 7) is 5.65. The van der Waals surface area contributed by atoms with E-state index in [0.29, 0.717) is 30.6 Å². The van der Waals surface area contributed by atoms with Gasteiger partial charge in [-0.3, -0.25) is 14.4 Å².